The molecule has 27 heavy (non-hydrogen) atoms. The summed E-state index contributed by atoms with van der Waals surface area (Å²) in [6, 6.07) is 6.83. The van der Waals surface area contributed by atoms with Crippen molar-refractivity contribution in [3.63, 3.8) is 0 Å². The summed E-state index contributed by atoms with van der Waals surface area (Å²) in [5, 5.41) is 11.7. The third-order valence-electron chi connectivity index (χ3n) is 4.64. The Morgan fingerprint density at radius 2 is 1.96 bits per heavy atom. The van der Waals surface area contributed by atoms with Gasteiger partial charge in [-0.2, -0.15) is 0 Å². The Bertz CT molecular complexity index is 1030. The van der Waals surface area contributed by atoms with Gasteiger partial charge in [0.15, 0.2) is 10.9 Å². The summed E-state index contributed by atoms with van der Waals surface area (Å²) < 4.78 is 6.19. The maximum Gasteiger partial charge on any atom is 0.433 e. The first-order chi connectivity index (χ1) is 12.9. The highest BCUT2D eigenvalue weighted by molar-refractivity contribution is 7.22. The van der Waals surface area contributed by atoms with Gasteiger partial charge >= 0.3 is 5.88 Å². The van der Waals surface area contributed by atoms with Gasteiger partial charge in [-0.15, -0.1) is 0 Å². The second-order valence-corrected chi connectivity index (χ2v) is 7.61. The normalized spacial score (nSPS) is 14.7. The average Bonchev–Trinajstić information content (AvgIpc) is 3.28. The molecule has 4 rings (SSSR count). The monoisotopic (exact) mass is 386 g/mol. The molecule has 1 aliphatic heterocycles. The number of nitro groups is 1. The fourth-order valence-electron chi connectivity index (χ4n) is 3.29. The van der Waals surface area contributed by atoms with E-state index >= 15 is 0 Å². The maximum atomic E-state index is 12.5. The van der Waals surface area contributed by atoms with Crippen molar-refractivity contribution < 1.29 is 14.1 Å². The smallest absolute Gasteiger partial charge is 0.395 e. The number of anilines is 1. The highest BCUT2D eigenvalue weighted by Crippen LogP contribution is 2.32. The number of fused-ring (bicyclic) bond motifs is 1. The molecule has 0 unspecified atom stereocenters. The zero-order valence-corrected chi connectivity index (χ0v) is 15.8. The van der Waals surface area contributed by atoms with Crippen molar-refractivity contribution >= 4 is 38.5 Å². The minimum atomic E-state index is -0.647. The van der Waals surface area contributed by atoms with Crippen molar-refractivity contribution in [3.8, 4) is 0 Å². The van der Waals surface area contributed by atoms with E-state index in [2.05, 4.69) is 30.9 Å². The summed E-state index contributed by atoms with van der Waals surface area (Å²) >= 11 is 1.66. The molecule has 3 aromatic rings. The summed E-state index contributed by atoms with van der Waals surface area (Å²) in [5.41, 5.74) is 3.42. The van der Waals surface area contributed by atoms with Crippen LogP contribution in [0.4, 0.5) is 11.0 Å². The number of hydrogen-bond acceptors (Lipinski definition) is 7. The van der Waals surface area contributed by atoms with Crippen LogP contribution in [-0.4, -0.2) is 46.9 Å². The number of carbonyl (C=O) groups is 1. The molecule has 0 spiro atoms. The van der Waals surface area contributed by atoms with E-state index in [4.69, 9.17) is 9.40 Å². The van der Waals surface area contributed by atoms with Crippen LogP contribution < -0.4 is 4.90 Å². The Hall–Kier alpha value is -2.94. The van der Waals surface area contributed by atoms with E-state index in [0.717, 1.165) is 10.6 Å². The number of aromatic nitrogens is 1. The number of hydrogen-bond donors (Lipinski definition) is 0. The summed E-state index contributed by atoms with van der Waals surface area (Å²) in [6.07, 6.45) is 0. The maximum absolute atomic E-state index is 12.5. The topological polar surface area (TPSA) is 92.7 Å². The van der Waals surface area contributed by atoms with Crippen molar-refractivity contribution in [2.45, 2.75) is 13.8 Å². The number of piperazine rings is 1. The molecule has 0 N–H and O–H groups in total. The predicted octanol–water partition coefficient (Wildman–Crippen LogP) is 3.38. The molecule has 1 amide bonds. The first-order valence-corrected chi connectivity index (χ1v) is 9.40. The molecule has 1 saturated heterocycles. The van der Waals surface area contributed by atoms with Gasteiger partial charge in [0, 0.05) is 26.2 Å². The molecule has 3 heterocycles. The van der Waals surface area contributed by atoms with Gasteiger partial charge in [0.2, 0.25) is 0 Å². The molecule has 1 aliphatic rings. The lowest BCUT2D eigenvalue weighted by Gasteiger charge is -2.34. The number of carbonyl (C=O) groups excluding carboxylic acids is 1. The van der Waals surface area contributed by atoms with Crippen molar-refractivity contribution in [3.05, 3.63) is 51.3 Å². The quantitative estimate of drug-likeness (QED) is 0.506. The number of aryl methyl sites for hydroxylation is 2. The van der Waals surface area contributed by atoms with Gasteiger partial charge in [-0.25, -0.2) is 4.98 Å². The predicted molar refractivity (Wildman–Crippen MR) is 103 cm³/mol. The molecule has 9 heteroatoms. The van der Waals surface area contributed by atoms with Crippen LogP contribution in [0.1, 0.15) is 21.7 Å². The van der Waals surface area contributed by atoms with Crippen molar-refractivity contribution in [2.24, 2.45) is 0 Å². The van der Waals surface area contributed by atoms with E-state index in [1.165, 1.54) is 28.0 Å². The molecule has 0 atom stereocenters. The van der Waals surface area contributed by atoms with Crippen LogP contribution in [-0.2, 0) is 0 Å². The highest BCUT2D eigenvalue weighted by atomic mass is 32.1. The zero-order valence-electron chi connectivity index (χ0n) is 15.0. The van der Waals surface area contributed by atoms with E-state index in [1.54, 1.807) is 16.2 Å². The number of rotatable bonds is 3. The third-order valence-corrected chi connectivity index (χ3v) is 5.70. The van der Waals surface area contributed by atoms with Gasteiger partial charge in [0.25, 0.3) is 5.91 Å². The average molecular weight is 386 g/mol. The second-order valence-electron chi connectivity index (χ2n) is 6.60. The SMILES string of the molecule is Cc1cc(C)c2nc(N3CCN(C(=O)c4ccc([N+](=O)[O-])o4)CC3)sc2c1. The van der Waals surface area contributed by atoms with Crippen molar-refractivity contribution in [1.29, 1.82) is 0 Å². The fourth-order valence-corrected chi connectivity index (χ4v) is 4.48. The Morgan fingerprint density at radius 1 is 1.22 bits per heavy atom. The lowest BCUT2D eigenvalue weighted by atomic mass is 10.1. The number of benzene rings is 1. The summed E-state index contributed by atoms with van der Waals surface area (Å²) in [7, 11) is 0. The van der Waals surface area contributed by atoms with Crippen molar-refractivity contribution in [2.75, 3.05) is 31.1 Å². The summed E-state index contributed by atoms with van der Waals surface area (Å²) in [4.78, 5) is 31.1. The highest BCUT2D eigenvalue weighted by Gasteiger charge is 2.27. The zero-order chi connectivity index (χ0) is 19.1. The van der Waals surface area contributed by atoms with E-state index in [9.17, 15) is 14.9 Å². The van der Waals surface area contributed by atoms with Crippen LogP contribution in [0.25, 0.3) is 10.2 Å². The molecule has 1 fully saturated rings. The molecule has 1 aromatic carbocycles. The molecule has 2 aromatic heterocycles. The molecular formula is C18H18N4O4S. The molecule has 140 valence electrons. The van der Waals surface area contributed by atoms with Gasteiger partial charge in [0.05, 0.1) is 16.3 Å². The first-order valence-electron chi connectivity index (χ1n) is 8.58. The molecule has 8 nitrogen and oxygen atoms in total. The lowest BCUT2D eigenvalue weighted by Crippen LogP contribution is -2.48. The van der Waals surface area contributed by atoms with E-state index in [1.807, 2.05) is 0 Å². The van der Waals surface area contributed by atoms with Gasteiger partial charge in [-0.1, -0.05) is 17.4 Å². The lowest BCUT2D eigenvalue weighted by molar-refractivity contribution is -0.402. The van der Waals surface area contributed by atoms with Gasteiger partial charge < -0.3 is 14.2 Å². The van der Waals surface area contributed by atoms with Crippen LogP contribution >= 0.6 is 11.3 Å². The van der Waals surface area contributed by atoms with E-state index in [-0.39, 0.29) is 11.7 Å². The molecule has 0 aliphatic carbocycles. The third kappa shape index (κ3) is 3.25. The minimum absolute atomic E-state index is 0.00115. The van der Waals surface area contributed by atoms with Gasteiger partial charge in [-0.05, 0) is 37.1 Å². The van der Waals surface area contributed by atoms with Crippen LogP contribution in [0.5, 0.6) is 0 Å². The van der Waals surface area contributed by atoms with E-state index in [0.29, 0.717) is 26.2 Å². The van der Waals surface area contributed by atoms with Crippen molar-refractivity contribution in [1.82, 2.24) is 9.88 Å². The number of furan rings is 1. The Balaban J connectivity index is 1.46. The standard InChI is InChI=1S/C18H18N4O4S/c1-11-9-12(2)16-14(10-11)27-18(19-16)21-7-5-20(6-8-21)17(23)13-3-4-15(26-13)22(24)25/h3-4,9-10H,5-8H2,1-2H3. The van der Waals surface area contributed by atoms with Crippen LogP contribution in [0.15, 0.2) is 28.7 Å². The van der Waals surface area contributed by atoms with Crippen LogP contribution in [0, 0.1) is 24.0 Å². The van der Waals surface area contributed by atoms with Crippen LogP contribution in [0.2, 0.25) is 0 Å². The van der Waals surface area contributed by atoms with Crippen LogP contribution in [0.3, 0.4) is 0 Å². The van der Waals surface area contributed by atoms with Gasteiger partial charge in [0.1, 0.15) is 4.92 Å². The molecule has 0 bridgehead atoms. The number of amides is 1. The molecule has 0 saturated carbocycles. The molecular weight excluding hydrogens is 368 g/mol. The second kappa shape index (κ2) is 6.66. The minimum Gasteiger partial charge on any atom is -0.395 e. The number of thiazole rings is 1. The number of nitrogens with zero attached hydrogens (tertiary/aromatic N) is 4. The molecule has 0 radical (unpaired) electrons. The first kappa shape index (κ1) is 17.5. The summed E-state index contributed by atoms with van der Waals surface area (Å²) in [5.74, 6) is -0.739. The van der Waals surface area contributed by atoms with E-state index < -0.39 is 10.8 Å². The summed E-state index contributed by atoms with van der Waals surface area (Å²) in [6.45, 7) is 6.49. The van der Waals surface area contributed by atoms with Gasteiger partial charge in [-0.3, -0.25) is 14.9 Å². The Kier molecular flexibility index (Phi) is 4.31. The fraction of sp³-hybridized carbons (Fsp3) is 0.333. The largest absolute Gasteiger partial charge is 0.433 e. The Morgan fingerprint density at radius 3 is 2.63 bits per heavy atom. The Labute approximate surface area is 159 Å².